The first-order valence-electron chi connectivity index (χ1n) is 3.18. The molecule has 0 spiro atoms. The van der Waals surface area contributed by atoms with Crippen LogP contribution in [0.15, 0.2) is 6.20 Å². The van der Waals surface area contributed by atoms with Crippen molar-refractivity contribution in [1.82, 2.24) is 9.78 Å². The summed E-state index contributed by atoms with van der Waals surface area (Å²) in [6.45, 7) is 0. The first kappa shape index (κ1) is 11.6. The van der Waals surface area contributed by atoms with Crippen LogP contribution in [0.5, 0.6) is 5.88 Å². The molecule has 0 unspecified atom stereocenters. The fourth-order valence-electron chi connectivity index (χ4n) is 0.699. The van der Waals surface area contributed by atoms with Crippen molar-refractivity contribution < 1.29 is 35.5 Å². The standard InChI is InChI=1S/C5HF7N2O/c6-2-1-13-14(4(7,8)9)3(2)15-5(10,11)12/h1H. The molecule has 0 fully saturated rings. The van der Waals surface area contributed by atoms with Gasteiger partial charge in [0.05, 0.1) is 6.20 Å². The maximum atomic E-state index is 12.5. The van der Waals surface area contributed by atoms with E-state index in [-0.39, 0.29) is 6.20 Å². The van der Waals surface area contributed by atoms with Crippen molar-refractivity contribution in [2.75, 3.05) is 0 Å². The first-order valence-corrected chi connectivity index (χ1v) is 3.18. The predicted molar refractivity (Wildman–Crippen MR) is 30.2 cm³/mol. The van der Waals surface area contributed by atoms with Crippen molar-refractivity contribution in [2.45, 2.75) is 12.7 Å². The van der Waals surface area contributed by atoms with Gasteiger partial charge in [0.15, 0.2) is 0 Å². The maximum Gasteiger partial charge on any atom is 0.574 e. The third kappa shape index (κ3) is 2.73. The SMILES string of the molecule is Fc1cnn(C(F)(F)F)c1OC(F)(F)F. The van der Waals surface area contributed by atoms with Gasteiger partial charge in [-0.05, 0) is 0 Å². The van der Waals surface area contributed by atoms with Gasteiger partial charge in [0, 0.05) is 0 Å². The zero-order valence-corrected chi connectivity index (χ0v) is 6.53. The zero-order valence-electron chi connectivity index (χ0n) is 6.53. The molecular formula is C5HF7N2O. The number of aromatic nitrogens is 2. The lowest BCUT2D eigenvalue weighted by Crippen LogP contribution is -2.25. The topological polar surface area (TPSA) is 27.1 Å². The van der Waals surface area contributed by atoms with Crippen molar-refractivity contribution >= 4 is 0 Å². The second-order valence-electron chi connectivity index (χ2n) is 2.23. The van der Waals surface area contributed by atoms with E-state index < -0.39 is 29.0 Å². The Morgan fingerprint density at radius 3 is 2.07 bits per heavy atom. The molecule has 0 amide bonds. The van der Waals surface area contributed by atoms with E-state index in [1.54, 1.807) is 0 Å². The van der Waals surface area contributed by atoms with Gasteiger partial charge in [-0.15, -0.1) is 31.0 Å². The molecule has 15 heavy (non-hydrogen) atoms. The summed E-state index contributed by atoms with van der Waals surface area (Å²) < 4.78 is 84.6. The average molecular weight is 238 g/mol. The third-order valence-electron chi connectivity index (χ3n) is 1.14. The summed E-state index contributed by atoms with van der Waals surface area (Å²) in [6, 6.07) is 0. The highest BCUT2D eigenvalue weighted by Crippen LogP contribution is 2.32. The zero-order chi connectivity index (χ0) is 11.9. The summed E-state index contributed by atoms with van der Waals surface area (Å²) in [5, 5.41) is 2.36. The number of alkyl halides is 6. The molecule has 0 N–H and O–H groups in total. The van der Waals surface area contributed by atoms with Gasteiger partial charge >= 0.3 is 12.7 Å². The Bertz CT molecular complexity index is 351. The van der Waals surface area contributed by atoms with Gasteiger partial charge in [-0.3, -0.25) is 0 Å². The van der Waals surface area contributed by atoms with Crippen LogP contribution in [0.1, 0.15) is 0 Å². The summed E-state index contributed by atoms with van der Waals surface area (Å²) in [5.41, 5.74) is 0. The smallest absolute Gasteiger partial charge is 0.385 e. The molecule has 0 bridgehead atoms. The number of hydrogen-bond donors (Lipinski definition) is 0. The van der Waals surface area contributed by atoms with Gasteiger partial charge in [0.1, 0.15) is 0 Å². The van der Waals surface area contributed by atoms with Crippen LogP contribution < -0.4 is 4.74 Å². The molecule has 0 saturated carbocycles. The molecule has 0 saturated heterocycles. The van der Waals surface area contributed by atoms with Gasteiger partial charge < -0.3 is 4.74 Å². The lowest BCUT2D eigenvalue weighted by Gasteiger charge is -2.12. The second-order valence-corrected chi connectivity index (χ2v) is 2.23. The molecule has 0 atom stereocenters. The molecule has 3 nitrogen and oxygen atoms in total. The van der Waals surface area contributed by atoms with Gasteiger partial charge in [-0.1, -0.05) is 0 Å². The fourth-order valence-corrected chi connectivity index (χ4v) is 0.699. The van der Waals surface area contributed by atoms with Crippen molar-refractivity contribution in [3.05, 3.63) is 12.0 Å². The Morgan fingerprint density at radius 1 is 1.13 bits per heavy atom. The molecule has 1 rings (SSSR count). The number of nitrogens with zero attached hydrogens (tertiary/aromatic N) is 2. The minimum atomic E-state index is -5.43. The Kier molecular flexibility index (Phi) is 2.53. The minimum Gasteiger partial charge on any atom is -0.385 e. The molecule has 0 aliphatic rings. The van der Waals surface area contributed by atoms with Crippen LogP contribution >= 0.6 is 0 Å². The summed E-state index contributed by atoms with van der Waals surface area (Å²) in [4.78, 5) is 0. The summed E-state index contributed by atoms with van der Waals surface area (Å²) >= 11 is 0. The van der Waals surface area contributed by atoms with Gasteiger partial charge in [-0.25, -0.2) is 0 Å². The highest BCUT2D eigenvalue weighted by molar-refractivity contribution is 5.12. The van der Waals surface area contributed by atoms with Crippen LogP contribution in [0, 0.1) is 5.82 Å². The molecule has 0 radical (unpaired) electrons. The quantitative estimate of drug-likeness (QED) is 0.702. The monoisotopic (exact) mass is 238 g/mol. The predicted octanol–water partition coefficient (Wildman–Crippen LogP) is 2.40. The highest BCUT2D eigenvalue weighted by Gasteiger charge is 2.41. The van der Waals surface area contributed by atoms with Gasteiger partial charge in [-0.2, -0.15) is 9.49 Å². The van der Waals surface area contributed by atoms with Crippen molar-refractivity contribution in [2.24, 2.45) is 0 Å². The van der Waals surface area contributed by atoms with E-state index in [2.05, 4.69) is 9.84 Å². The van der Waals surface area contributed by atoms with Crippen LogP contribution in [0.3, 0.4) is 0 Å². The van der Waals surface area contributed by atoms with Crippen molar-refractivity contribution in [1.29, 1.82) is 0 Å². The van der Waals surface area contributed by atoms with E-state index in [9.17, 15) is 30.7 Å². The molecule has 86 valence electrons. The molecule has 0 aliphatic heterocycles. The van der Waals surface area contributed by atoms with E-state index in [0.717, 1.165) is 0 Å². The largest absolute Gasteiger partial charge is 0.574 e. The highest BCUT2D eigenvalue weighted by atomic mass is 19.4. The van der Waals surface area contributed by atoms with E-state index in [1.807, 2.05) is 0 Å². The van der Waals surface area contributed by atoms with Crippen LogP contribution in [-0.2, 0) is 6.30 Å². The maximum absolute atomic E-state index is 12.5. The second kappa shape index (κ2) is 3.28. The Balaban J connectivity index is 3.11. The van der Waals surface area contributed by atoms with E-state index in [0.29, 0.717) is 0 Å². The van der Waals surface area contributed by atoms with Crippen molar-refractivity contribution in [3.63, 3.8) is 0 Å². The molecular weight excluding hydrogens is 237 g/mol. The molecule has 1 heterocycles. The lowest BCUT2D eigenvalue weighted by molar-refractivity contribution is -0.286. The van der Waals surface area contributed by atoms with Crippen LogP contribution in [0.2, 0.25) is 0 Å². The van der Waals surface area contributed by atoms with Crippen LogP contribution in [0.4, 0.5) is 30.7 Å². The minimum absolute atomic E-state index is 0.0332. The summed E-state index contributed by atoms with van der Waals surface area (Å²) in [6.07, 6.45) is -10.7. The Hall–Kier alpha value is -1.48. The summed E-state index contributed by atoms with van der Waals surface area (Å²) in [5.74, 6) is -3.90. The fraction of sp³-hybridized carbons (Fsp3) is 0.400. The third-order valence-corrected chi connectivity index (χ3v) is 1.14. The van der Waals surface area contributed by atoms with E-state index in [4.69, 9.17) is 0 Å². The first-order chi connectivity index (χ1) is 6.61. The number of hydrogen-bond acceptors (Lipinski definition) is 2. The number of ether oxygens (including phenoxy) is 1. The average Bonchev–Trinajstić information content (AvgIpc) is 2.28. The lowest BCUT2D eigenvalue weighted by atomic mass is 10.6. The van der Waals surface area contributed by atoms with E-state index >= 15 is 0 Å². The van der Waals surface area contributed by atoms with Crippen LogP contribution in [-0.4, -0.2) is 16.1 Å². The molecule has 0 aromatic carbocycles. The van der Waals surface area contributed by atoms with E-state index in [1.165, 1.54) is 0 Å². The Labute approximate surface area is 77.0 Å². The molecule has 0 aliphatic carbocycles. The number of halogens is 7. The normalized spacial score (nSPS) is 13.0. The Morgan fingerprint density at radius 2 is 1.67 bits per heavy atom. The molecule has 1 aromatic rings. The molecule has 10 heteroatoms. The van der Waals surface area contributed by atoms with Crippen molar-refractivity contribution in [3.8, 4) is 5.88 Å². The summed E-state index contributed by atoms with van der Waals surface area (Å²) in [7, 11) is 0. The van der Waals surface area contributed by atoms with Crippen LogP contribution in [0.25, 0.3) is 0 Å². The van der Waals surface area contributed by atoms with Gasteiger partial charge in [0.2, 0.25) is 5.82 Å². The molecule has 1 aromatic heterocycles. The van der Waals surface area contributed by atoms with Gasteiger partial charge in [0.25, 0.3) is 5.88 Å². The number of rotatable bonds is 1.